The summed E-state index contributed by atoms with van der Waals surface area (Å²) in [5.74, 6) is 2.08. The lowest BCUT2D eigenvalue weighted by atomic mass is 9.76. The highest BCUT2D eigenvalue weighted by Gasteiger charge is 2.49. The maximum absolute atomic E-state index is 12.5. The summed E-state index contributed by atoms with van der Waals surface area (Å²) >= 11 is 0. The van der Waals surface area contributed by atoms with Crippen LogP contribution in [-0.4, -0.2) is 12.5 Å². The molecule has 0 saturated heterocycles. The minimum Gasteiger partial charge on any atom is -0.355 e. The van der Waals surface area contributed by atoms with Crippen molar-refractivity contribution in [1.82, 2.24) is 5.32 Å². The predicted octanol–water partition coefficient (Wildman–Crippen LogP) is 3.92. The Labute approximate surface area is 118 Å². The van der Waals surface area contributed by atoms with Crippen molar-refractivity contribution >= 4 is 5.91 Å². The van der Waals surface area contributed by atoms with Gasteiger partial charge in [0.15, 0.2) is 0 Å². The average molecular weight is 263 g/mol. The quantitative estimate of drug-likeness (QED) is 0.693. The molecule has 0 aromatic heterocycles. The Bertz CT molecular complexity index is 349. The third-order valence-corrected chi connectivity index (χ3v) is 5.29. The molecule has 0 aliphatic heterocycles. The van der Waals surface area contributed by atoms with Gasteiger partial charge >= 0.3 is 0 Å². The summed E-state index contributed by atoms with van der Waals surface area (Å²) in [7, 11) is 0. The minimum atomic E-state index is -0.136. The second-order valence-electron chi connectivity index (χ2n) is 6.74. The summed E-state index contributed by atoms with van der Waals surface area (Å²) in [5, 5.41) is 3.24. The van der Waals surface area contributed by atoms with Crippen LogP contribution in [0.3, 0.4) is 0 Å². The van der Waals surface area contributed by atoms with Crippen LogP contribution in [0.1, 0.15) is 59.3 Å². The Balaban J connectivity index is 1.82. The highest BCUT2D eigenvalue weighted by Crippen LogP contribution is 2.51. The normalized spacial score (nSPS) is 33.6. The van der Waals surface area contributed by atoms with Crippen LogP contribution < -0.4 is 5.32 Å². The minimum absolute atomic E-state index is 0.136. The molecule has 0 aromatic rings. The van der Waals surface area contributed by atoms with Gasteiger partial charge in [-0.05, 0) is 37.0 Å². The van der Waals surface area contributed by atoms with Crippen LogP contribution in [0.15, 0.2) is 12.2 Å². The topological polar surface area (TPSA) is 29.1 Å². The monoisotopic (exact) mass is 263 g/mol. The van der Waals surface area contributed by atoms with Crippen molar-refractivity contribution in [1.29, 1.82) is 0 Å². The molecule has 1 amide bonds. The van der Waals surface area contributed by atoms with Crippen LogP contribution in [0.25, 0.3) is 0 Å². The zero-order chi connectivity index (χ0) is 13.9. The fraction of sp³-hybridized carbons (Fsp3) is 0.824. The van der Waals surface area contributed by atoms with Gasteiger partial charge in [0.1, 0.15) is 0 Å². The van der Waals surface area contributed by atoms with Crippen LogP contribution in [0.4, 0.5) is 0 Å². The van der Waals surface area contributed by atoms with Crippen molar-refractivity contribution in [2.75, 3.05) is 6.54 Å². The number of unbranched alkanes of at least 4 members (excludes halogenated alkanes) is 1. The number of carbonyl (C=O) groups is 1. The van der Waals surface area contributed by atoms with Crippen molar-refractivity contribution in [3.05, 3.63) is 12.2 Å². The van der Waals surface area contributed by atoms with Crippen molar-refractivity contribution < 1.29 is 4.79 Å². The number of hydrogen-bond donors (Lipinski definition) is 1. The first kappa shape index (κ1) is 14.6. The van der Waals surface area contributed by atoms with Crippen LogP contribution in [-0.2, 0) is 4.79 Å². The molecule has 108 valence electrons. The zero-order valence-corrected chi connectivity index (χ0v) is 12.7. The van der Waals surface area contributed by atoms with Crippen molar-refractivity contribution in [3.63, 3.8) is 0 Å². The Kier molecular flexibility index (Phi) is 4.70. The van der Waals surface area contributed by atoms with Gasteiger partial charge in [-0.2, -0.15) is 0 Å². The van der Waals surface area contributed by atoms with Crippen LogP contribution in [0.2, 0.25) is 0 Å². The van der Waals surface area contributed by atoms with Crippen LogP contribution >= 0.6 is 0 Å². The van der Waals surface area contributed by atoms with Crippen LogP contribution in [0, 0.1) is 23.2 Å². The van der Waals surface area contributed by atoms with E-state index in [1.54, 1.807) is 0 Å². The van der Waals surface area contributed by atoms with Crippen molar-refractivity contribution in [2.24, 2.45) is 23.2 Å². The maximum atomic E-state index is 12.5. The summed E-state index contributed by atoms with van der Waals surface area (Å²) in [6, 6.07) is 0. The van der Waals surface area contributed by atoms with Gasteiger partial charge in [0.25, 0.3) is 0 Å². The lowest BCUT2D eigenvalue weighted by Gasteiger charge is -2.30. The molecule has 1 N–H and O–H groups in total. The molecule has 0 aromatic carbocycles. The molecule has 2 heteroatoms. The summed E-state index contributed by atoms with van der Waals surface area (Å²) in [5.41, 5.74) is -0.136. The number of rotatable bonds is 7. The molecule has 0 spiro atoms. The molecule has 0 radical (unpaired) electrons. The van der Waals surface area contributed by atoms with Gasteiger partial charge < -0.3 is 5.32 Å². The number of carbonyl (C=O) groups excluding carboxylic acids is 1. The van der Waals surface area contributed by atoms with E-state index in [0.29, 0.717) is 23.7 Å². The smallest absolute Gasteiger partial charge is 0.226 e. The highest BCUT2D eigenvalue weighted by atomic mass is 16.2. The van der Waals surface area contributed by atoms with Gasteiger partial charge in [0, 0.05) is 6.54 Å². The molecule has 2 rings (SSSR count). The average Bonchev–Trinajstić information content (AvgIpc) is 2.99. The zero-order valence-electron chi connectivity index (χ0n) is 12.7. The van der Waals surface area contributed by atoms with Crippen molar-refractivity contribution in [3.8, 4) is 0 Å². The summed E-state index contributed by atoms with van der Waals surface area (Å²) in [6.45, 7) is 7.48. The van der Waals surface area contributed by atoms with E-state index in [0.717, 1.165) is 13.0 Å². The van der Waals surface area contributed by atoms with E-state index in [-0.39, 0.29) is 5.41 Å². The second-order valence-corrected chi connectivity index (χ2v) is 6.74. The molecule has 2 bridgehead atoms. The Hall–Kier alpha value is -0.790. The largest absolute Gasteiger partial charge is 0.355 e. The van der Waals surface area contributed by atoms with E-state index in [9.17, 15) is 4.79 Å². The van der Waals surface area contributed by atoms with E-state index < -0.39 is 0 Å². The Morgan fingerprint density at radius 2 is 2.21 bits per heavy atom. The molecule has 19 heavy (non-hydrogen) atoms. The van der Waals surface area contributed by atoms with Gasteiger partial charge in [-0.25, -0.2) is 0 Å². The molecule has 4 unspecified atom stereocenters. The molecule has 2 nitrogen and oxygen atoms in total. The van der Waals surface area contributed by atoms with Gasteiger partial charge in [-0.1, -0.05) is 52.2 Å². The van der Waals surface area contributed by atoms with E-state index in [2.05, 4.69) is 38.2 Å². The number of nitrogens with one attached hydrogen (secondary N) is 1. The third kappa shape index (κ3) is 3.04. The molecule has 2 aliphatic rings. The fourth-order valence-electron chi connectivity index (χ4n) is 3.74. The molecule has 2 aliphatic carbocycles. The molecule has 1 fully saturated rings. The standard InChI is InChI=1S/C17H29NO/c1-4-6-7-13(5-2)12-18-16(19)17(3)11-14-8-9-15(17)10-14/h8-9,13-15H,4-7,10-12H2,1-3H3,(H,18,19). The van der Waals surface area contributed by atoms with E-state index in [1.807, 2.05) is 0 Å². The SMILES string of the molecule is CCCCC(CC)CNC(=O)C1(C)CC2C=CC1C2. The number of hydrogen-bond acceptors (Lipinski definition) is 1. The molecule has 4 atom stereocenters. The first-order valence-electron chi connectivity index (χ1n) is 8.06. The molecule has 0 heterocycles. The first-order valence-corrected chi connectivity index (χ1v) is 8.06. The van der Waals surface area contributed by atoms with Gasteiger partial charge in [0.05, 0.1) is 5.41 Å². The molecule has 1 saturated carbocycles. The summed E-state index contributed by atoms with van der Waals surface area (Å²) in [6.07, 6.45) is 11.7. The Morgan fingerprint density at radius 1 is 1.42 bits per heavy atom. The van der Waals surface area contributed by atoms with E-state index in [1.165, 1.54) is 32.1 Å². The summed E-state index contributed by atoms with van der Waals surface area (Å²) in [4.78, 5) is 12.5. The van der Waals surface area contributed by atoms with Gasteiger partial charge in [0.2, 0.25) is 5.91 Å². The lowest BCUT2D eigenvalue weighted by molar-refractivity contribution is -0.131. The number of amides is 1. The van der Waals surface area contributed by atoms with Crippen LogP contribution in [0.5, 0.6) is 0 Å². The molecular weight excluding hydrogens is 234 g/mol. The first-order chi connectivity index (χ1) is 9.10. The van der Waals surface area contributed by atoms with Crippen molar-refractivity contribution in [2.45, 2.75) is 59.3 Å². The summed E-state index contributed by atoms with van der Waals surface area (Å²) < 4.78 is 0. The molecular formula is C17H29NO. The third-order valence-electron chi connectivity index (χ3n) is 5.29. The predicted molar refractivity (Wildman–Crippen MR) is 79.8 cm³/mol. The number of fused-ring (bicyclic) bond motifs is 2. The number of allylic oxidation sites excluding steroid dienone is 2. The second kappa shape index (κ2) is 6.11. The maximum Gasteiger partial charge on any atom is 0.226 e. The fourth-order valence-corrected chi connectivity index (χ4v) is 3.74. The Morgan fingerprint density at radius 3 is 2.74 bits per heavy atom. The van der Waals surface area contributed by atoms with E-state index >= 15 is 0 Å². The van der Waals surface area contributed by atoms with Gasteiger partial charge in [-0.15, -0.1) is 0 Å². The lowest BCUT2D eigenvalue weighted by Crippen LogP contribution is -2.43. The van der Waals surface area contributed by atoms with E-state index in [4.69, 9.17) is 0 Å². The highest BCUT2D eigenvalue weighted by molar-refractivity contribution is 5.83. The van der Waals surface area contributed by atoms with Gasteiger partial charge in [-0.3, -0.25) is 4.79 Å².